The number of thiocarbonyl (C=S) groups is 1. The summed E-state index contributed by atoms with van der Waals surface area (Å²) in [6, 6.07) is 14.5. The second-order valence-corrected chi connectivity index (χ2v) is 6.91. The Balaban J connectivity index is 1.88. The minimum Gasteiger partial charge on any atom is -0.494 e. The lowest BCUT2D eigenvalue weighted by Crippen LogP contribution is -2.34. The van der Waals surface area contributed by atoms with E-state index >= 15 is 0 Å². The predicted octanol–water partition coefficient (Wildman–Crippen LogP) is 5.17. The summed E-state index contributed by atoms with van der Waals surface area (Å²) in [5.74, 6) is 1.24. The summed E-state index contributed by atoms with van der Waals surface area (Å²) < 4.78 is 11.4. The van der Waals surface area contributed by atoms with Crippen molar-refractivity contribution in [1.29, 1.82) is 0 Å². The fourth-order valence-corrected chi connectivity index (χ4v) is 2.55. The molecule has 6 heteroatoms. The third-order valence-corrected chi connectivity index (χ3v) is 4.32. The number of nitrogens with one attached hydrogen (secondary N) is 2. The number of amides is 1. The van der Waals surface area contributed by atoms with Crippen molar-refractivity contribution in [3.05, 3.63) is 54.1 Å². The van der Waals surface area contributed by atoms with Crippen molar-refractivity contribution in [2.75, 3.05) is 11.9 Å². The molecule has 0 heterocycles. The van der Waals surface area contributed by atoms with E-state index in [1.807, 2.05) is 31.2 Å². The maximum Gasteiger partial charge on any atom is 0.257 e. The van der Waals surface area contributed by atoms with Gasteiger partial charge in [-0.25, -0.2) is 0 Å². The molecule has 0 saturated carbocycles. The minimum atomic E-state index is -0.274. The topological polar surface area (TPSA) is 59.6 Å². The first-order valence-electron chi connectivity index (χ1n) is 9.63. The van der Waals surface area contributed by atoms with Crippen molar-refractivity contribution >= 4 is 28.9 Å². The van der Waals surface area contributed by atoms with Crippen LogP contribution in [-0.4, -0.2) is 23.7 Å². The van der Waals surface area contributed by atoms with Gasteiger partial charge in [-0.15, -0.1) is 0 Å². The Labute approximate surface area is 172 Å². The summed E-state index contributed by atoms with van der Waals surface area (Å²) in [6.07, 6.45) is 3.15. The number of carbonyl (C=O) groups is 1. The summed E-state index contributed by atoms with van der Waals surface area (Å²) in [4.78, 5) is 12.4. The van der Waals surface area contributed by atoms with Crippen LogP contribution in [0.1, 0.15) is 50.4 Å². The number of rotatable bonds is 9. The van der Waals surface area contributed by atoms with Crippen LogP contribution in [0.25, 0.3) is 0 Å². The summed E-state index contributed by atoms with van der Waals surface area (Å²) in [6.45, 7) is 6.88. The number of unbranched alkanes of at least 4 members (excludes halogenated alkanes) is 1. The third kappa shape index (κ3) is 7.19. The number of benzene rings is 2. The van der Waals surface area contributed by atoms with E-state index in [4.69, 9.17) is 21.7 Å². The van der Waals surface area contributed by atoms with Gasteiger partial charge in [-0.2, -0.15) is 0 Å². The van der Waals surface area contributed by atoms with Gasteiger partial charge in [0.05, 0.1) is 12.7 Å². The Bertz CT molecular complexity index is 778. The number of hydrogen-bond acceptors (Lipinski definition) is 4. The highest BCUT2D eigenvalue weighted by molar-refractivity contribution is 7.80. The fourth-order valence-electron chi connectivity index (χ4n) is 2.34. The van der Waals surface area contributed by atoms with E-state index in [1.54, 1.807) is 24.3 Å². The Morgan fingerprint density at radius 1 is 1.11 bits per heavy atom. The van der Waals surface area contributed by atoms with E-state index in [0.717, 1.165) is 36.4 Å². The van der Waals surface area contributed by atoms with Gasteiger partial charge in [-0.05, 0) is 68.4 Å². The van der Waals surface area contributed by atoms with Gasteiger partial charge in [0.2, 0.25) is 0 Å². The molecule has 0 spiro atoms. The van der Waals surface area contributed by atoms with E-state index in [1.165, 1.54) is 0 Å². The molecule has 0 aromatic heterocycles. The molecule has 2 aromatic carbocycles. The summed E-state index contributed by atoms with van der Waals surface area (Å²) >= 11 is 5.25. The number of anilines is 1. The Morgan fingerprint density at radius 2 is 1.86 bits per heavy atom. The smallest absolute Gasteiger partial charge is 0.257 e. The van der Waals surface area contributed by atoms with Crippen LogP contribution in [0.15, 0.2) is 48.5 Å². The molecule has 28 heavy (non-hydrogen) atoms. The molecule has 2 N–H and O–H groups in total. The lowest BCUT2D eigenvalue weighted by molar-refractivity contribution is 0.0977. The van der Waals surface area contributed by atoms with Crippen molar-refractivity contribution in [1.82, 2.24) is 5.32 Å². The van der Waals surface area contributed by atoms with Gasteiger partial charge in [0.1, 0.15) is 11.5 Å². The SMILES string of the molecule is CCCCOc1ccc(C(=O)NC(=S)Nc2cccc(OC(C)CC)c2)cc1. The predicted molar refractivity (Wildman–Crippen MR) is 117 cm³/mol. The zero-order valence-corrected chi connectivity index (χ0v) is 17.5. The molecule has 1 atom stereocenters. The van der Waals surface area contributed by atoms with Crippen LogP contribution < -0.4 is 20.1 Å². The molecule has 150 valence electrons. The molecular weight excluding hydrogens is 372 g/mol. The summed E-state index contributed by atoms with van der Waals surface area (Å²) in [5.41, 5.74) is 1.27. The highest BCUT2D eigenvalue weighted by atomic mass is 32.1. The molecule has 0 aliphatic heterocycles. The first kappa shape index (κ1) is 21.7. The van der Waals surface area contributed by atoms with Crippen LogP contribution in [-0.2, 0) is 0 Å². The Kier molecular flexibility index (Phi) is 8.75. The van der Waals surface area contributed by atoms with Gasteiger partial charge in [-0.1, -0.05) is 26.3 Å². The van der Waals surface area contributed by atoms with Crippen LogP contribution >= 0.6 is 12.2 Å². The molecule has 2 rings (SSSR count). The van der Waals surface area contributed by atoms with Gasteiger partial charge in [0.25, 0.3) is 5.91 Å². The van der Waals surface area contributed by atoms with Crippen LogP contribution in [0.3, 0.4) is 0 Å². The molecule has 1 amide bonds. The average Bonchev–Trinajstić information content (AvgIpc) is 2.68. The molecule has 0 aliphatic rings. The Morgan fingerprint density at radius 3 is 2.54 bits per heavy atom. The second-order valence-electron chi connectivity index (χ2n) is 6.50. The molecule has 0 saturated heterocycles. The second kappa shape index (κ2) is 11.3. The van der Waals surface area contributed by atoms with Crippen molar-refractivity contribution in [3.63, 3.8) is 0 Å². The summed E-state index contributed by atoms with van der Waals surface area (Å²) in [7, 11) is 0. The first-order chi connectivity index (χ1) is 13.5. The lowest BCUT2D eigenvalue weighted by atomic mass is 10.2. The van der Waals surface area contributed by atoms with Crippen LogP contribution in [0.5, 0.6) is 11.5 Å². The van der Waals surface area contributed by atoms with E-state index in [0.29, 0.717) is 12.2 Å². The quantitative estimate of drug-likeness (QED) is 0.449. The van der Waals surface area contributed by atoms with E-state index < -0.39 is 0 Å². The monoisotopic (exact) mass is 400 g/mol. The number of ether oxygens (including phenoxy) is 2. The Hall–Kier alpha value is -2.60. The van der Waals surface area contributed by atoms with Crippen molar-refractivity contribution in [2.45, 2.75) is 46.1 Å². The molecule has 2 aromatic rings. The standard InChI is InChI=1S/C22H28N2O3S/c1-4-6-14-26-19-12-10-17(11-13-19)21(25)24-22(28)23-18-8-7-9-20(15-18)27-16(3)5-2/h7-13,15-16H,4-6,14H2,1-3H3,(H2,23,24,25,28). The molecule has 0 bridgehead atoms. The normalized spacial score (nSPS) is 11.4. The van der Waals surface area contributed by atoms with Crippen molar-refractivity contribution in [2.24, 2.45) is 0 Å². The molecule has 0 radical (unpaired) electrons. The van der Waals surface area contributed by atoms with Gasteiger partial charge in [0, 0.05) is 17.3 Å². The van der Waals surface area contributed by atoms with Gasteiger partial charge < -0.3 is 14.8 Å². The average molecular weight is 401 g/mol. The first-order valence-corrected chi connectivity index (χ1v) is 10.0. The maximum absolute atomic E-state index is 12.4. The highest BCUT2D eigenvalue weighted by Crippen LogP contribution is 2.19. The fraction of sp³-hybridized carbons (Fsp3) is 0.364. The summed E-state index contributed by atoms with van der Waals surface area (Å²) in [5, 5.41) is 5.93. The number of hydrogen-bond donors (Lipinski definition) is 2. The molecule has 0 fully saturated rings. The van der Waals surface area contributed by atoms with E-state index in [2.05, 4.69) is 24.5 Å². The maximum atomic E-state index is 12.4. The van der Waals surface area contributed by atoms with Gasteiger partial charge in [0.15, 0.2) is 5.11 Å². The lowest BCUT2D eigenvalue weighted by Gasteiger charge is -2.14. The molecule has 0 aliphatic carbocycles. The highest BCUT2D eigenvalue weighted by Gasteiger charge is 2.09. The van der Waals surface area contributed by atoms with Gasteiger partial charge >= 0.3 is 0 Å². The minimum absolute atomic E-state index is 0.135. The molecule has 1 unspecified atom stereocenters. The largest absolute Gasteiger partial charge is 0.494 e. The zero-order valence-electron chi connectivity index (χ0n) is 16.7. The van der Waals surface area contributed by atoms with E-state index in [-0.39, 0.29) is 17.1 Å². The van der Waals surface area contributed by atoms with Crippen molar-refractivity contribution < 1.29 is 14.3 Å². The van der Waals surface area contributed by atoms with E-state index in [9.17, 15) is 4.79 Å². The van der Waals surface area contributed by atoms with Gasteiger partial charge in [-0.3, -0.25) is 10.1 Å². The third-order valence-electron chi connectivity index (χ3n) is 4.11. The van der Waals surface area contributed by atoms with Crippen molar-refractivity contribution in [3.8, 4) is 11.5 Å². The molecule has 5 nitrogen and oxygen atoms in total. The van der Waals surface area contributed by atoms with Crippen LogP contribution in [0, 0.1) is 0 Å². The molecular formula is C22H28N2O3S. The van der Waals surface area contributed by atoms with Crippen LogP contribution in [0.4, 0.5) is 5.69 Å². The number of carbonyl (C=O) groups excluding carboxylic acids is 1. The van der Waals surface area contributed by atoms with Crippen LogP contribution in [0.2, 0.25) is 0 Å². The zero-order chi connectivity index (χ0) is 20.4.